The topological polar surface area (TPSA) is 38.7 Å². The number of thiophene rings is 1. The quantitative estimate of drug-likeness (QED) is 0.180. The minimum atomic E-state index is 0.652. The van der Waals surface area contributed by atoms with Crippen molar-refractivity contribution < 1.29 is 0 Å². The maximum Gasteiger partial charge on any atom is 0.164 e. The molecule has 0 fully saturated rings. The predicted molar refractivity (Wildman–Crippen MR) is 222 cm³/mol. The third-order valence-electron chi connectivity index (χ3n) is 10.5. The van der Waals surface area contributed by atoms with E-state index < -0.39 is 0 Å². The Balaban J connectivity index is 1.06. The highest BCUT2D eigenvalue weighted by atomic mass is 32.1. The van der Waals surface area contributed by atoms with E-state index in [4.69, 9.17) is 15.0 Å². The van der Waals surface area contributed by atoms with Crippen molar-refractivity contribution in [1.29, 1.82) is 0 Å². The lowest BCUT2D eigenvalue weighted by molar-refractivity contribution is 1.08. The van der Waals surface area contributed by atoms with Crippen molar-refractivity contribution in [1.82, 2.24) is 15.0 Å². The van der Waals surface area contributed by atoms with Crippen molar-refractivity contribution in [3.05, 3.63) is 176 Å². The van der Waals surface area contributed by atoms with Crippen LogP contribution in [0.1, 0.15) is 0 Å². The average Bonchev–Trinajstić information content (AvgIpc) is 3.78. The molecule has 246 valence electrons. The van der Waals surface area contributed by atoms with Crippen molar-refractivity contribution in [2.45, 2.75) is 0 Å². The lowest BCUT2D eigenvalue weighted by atomic mass is 9.96. The molecule has 0 atom stereocenters. The predicted octanol–water partition coefficient (Wildman–Crippen LogP) is 13.4. The van der Waals surface area contributed by atoms with Gasteiger partial charge in [-0.25, -0.2) is 15.0 Å². The molecular weight excluding hydrogens is 663 g/mol. The fourth-order valence-corrected chi connectivity index (χ4v) is 9.19. The second-order valence-corrected chi connectivity index (χ2v) is 14.6. The molecule has 10 aromatic rings. The smallest absolute Gasteiger partial charge is 0.164 e. The second-order valence-electron chi connectivity index (χ2n) is 13.5. The molecular formula is C49H29N3S. The molecule has 0 spiro atoms. The third kappa shape index (κ3) is 4.84. The van der Waals surface area contributed by atoms with Crippen LogP contribution in [0.2, 0.25) is 0 Å². The number of benzene rings is 8. The minimum absolute atomic E-state index is 0.652. The maximum atomic E-state index is 5.23. The summed E-state index contributed by atoms with van der Waals surface area (Å²) in [5, 5.41) is 5.05. The van der Waals surface area contributed by atoms with Crippen LogP contribution in [0, 0.1) is 0 Å². The number of hydrogen-bond acceptors (Lipinski definition) is 4. The molecule has 0 bridgehead atoms. The summed E-state index contributed by atoms with van der Waals surface area (Å²) in [4.78, 5) is 15.5. The summed E-state index contributed by atoms with van der Waals surface area (Å²) in [5.74, 6) is 1.98. The SMILES string of the molecule is c1ccc(-c2ccc(-c3ccc(-c4nc(-c5ccccc5)nc(-c5cccc6sc7cc8c9c(cccc9c7c56)-c5ccccc5-8)n4)cc3)cc2)cc1. The van der Waals surface area contributed by atoms with E-state index in [9.17, 15) is 0 Å². The Morgan fingerprint density at radius 1 is 0.283 bits per heavy atom. The molecule has 0 N–H and O–H groups in total. The summed E-state index contributed by atoms with van der Waals surface area (Å²) >= 11 is 1.84. The molecule has 1 aliphatic rings. The van der Waals surface area contributed by atoms with Gasteiger partial charge in [-0.3, -0.25) is 0 Å². The molecule has 4 heteroatoms. The van der Waals surface area contributed by atoms with Gasteiger partial charge in [-0.05, 0) is 67.4 Å². The average molecular weight is 692 g/mol. The first-order valence-electron chi connectivity index (χ1n) is 17.9. The van der Waals surface area contributed by atoms with Crippen LogP contribution in [0.25, 0.3) is 110 Å². The second kappa shape index (κ2) is 11.9. The summed E-state index contributed by atoms with van der Waals surface area (Å²) in [6.07, 6.45) is 0. The lowest BCUT2D eigenvalue weighted by Crippen LogP contribution is -2.00. The number of hydrogen-bond donors (Lipinski definition) is 0. The van der Waals surface area contributed by atoms with Gasteiger partial charge in [-0.2, -0.15) is 0 Å². The van der Waals surface area contributed by atoms with Crippen LogP contribution in [-0.2, 0) is 0 Å². The zero-order chi connectivity index (χ0) is 34.9. The van der Waals surface area contributed by atoms with Crippen molar-refractivity contribution in [3.63, 3.8) is 0 Å². The van der Waals surface area contributed by atoms with Gasteiger partial charge in [0.25, 0.3) is 0 Å². The molecule has 0 amide bonds. The number of aromatic nitrogens is 3. The molecule has 0 unspecified atom stereocenters. The number of rotatable bonds is 5. The fourth-order valence-electron chi connectivity index (χ4n) is 8.01. The number of fused-ring (bicyclic) bond motifs is 7. The van der Waals surface area contributed by atoms with E-state index in [0.717, 1.165) is 22.3 Å². The molecule has 2 heterocycles. The van der Waals surface area contributed by atoms with E-state index in [1.807, 2.05) is 35.6 Å². The molecule has 3 nitrogen and oxygen atoms in total. The van der Waals surface area contributed by atoms with E-state index in [1.54, 1.807) is 0 Å². The molecule has 2 aromatic heterocycles. The third-order valence-corrected chi connectivity index (χ3v) is 11.6. The summed E-state index contributed by atoms with van der Waals surface area (Å²) in [5.41, 5.74) is 12.9. The van der Waals surface area contributed by atoms with Crippen molar-refractivity contribution in [3.8, 4) is 78.7 Å². The van der Waals surface area contributed by atoms with Gasteiger partial charge in [0.05, 0.1) is 0 Å². The van der Waals surface area contributed by atoms with Crippen LogP contribution < -0.4 is 0 Å². The summed E-state index contributed by atoms with van der Waals surface area (Å²) in [6.45, 7) is 0. The molecule has 0 aliphatic heterocycles. The highest BCUT2D eigenvalue weighted by Gasteiger charge is 2.25. The molecule has 1 aliphatic carbocycles. The molecule has 53 heavy (non-hydrogen) atoms. The Hall–Kier alpha value is -6.75. The largest absolute Gasteiger partial charge is 0.208 e. The Morgan fingerprint density at radius 3 is 1.42 bits per heavy atom. The van der Waals surface area contributed by atoms with Gasteiger partial charge in [0.2, 0.25) is 0 Å². The van der Waals surface area contributed by atoms with Gasteiger partial charge in [0.1, 0.15) is 0 Å². The number of nitrogens with zero attached hydrogens (tertiary/aromatic N) is 3. The first-order valence-corrected chi connectivity index (χ1v) is 18.7. The van der Waals surface area contributed by atoms with Gasteiger partial charge in [-0.1, -0.05) is 164 Å². The van der Waals surface area contributed by atoms with Crippen molar-refractivity contribution >= 4 is 42.3 Å². The van der Waals surface area contributed by atoms with Crippen molar-refractivity contribution in [2.24, 2.45) is 0 Å². The van der Waals surface area contributed by atoms with E-state index in [-0.39, 0.29) is 0 Å². The Labute approximate surface area is 310 Å². The van der Waals surface area contributed by atoms with Crippen LogP contribution in [0.5, 0.6) is 0 Å². The van der Waals surface area contributed by atoms with Gasteiger partial charge in [0.15, 0.2) is 17.5 Å². The standard InChI is InChI=1S/C49H29N3S/c1-3-11-30(12-4-1)31-21-23-32(24-22-31)33-25-27-35(28-26-33)48-50-47(34-13-5-2-6-14-34)51-49(52-48)40-19-10-20-42-46(40)45-39-18-9-17-38-36-15-7-8-16-37(36)41(44(38)39)29-43(45)53-42/h1-29H. The lowest BCUT2D eigenvalue weighted by Gasteiger charge is -2.11. The van der Waals surface area contributed by atoms with E-state index in [2.05, 4.69) is 152 Å². The molecule has 11 rings (SSSR count). The van der Waals surface area contributed by atoms with E-state index in [0.29, 0.717) is 17.5 Å². The van der Waals surface area contributed by atoms with Crippen LogP contribution in [0.15, 0.2) is 176 Å². The van der Waals surface area contributed by atoms with Crippen LogP contribution in [-0.4, -0.2) is 15.0 Å². The normalized spacial score (nSPS) is 11.8. The van der Waals surface area contributed by atoms with Crippen LogP contribution in [0.4, 0.5) is 0 Å². The zero-order valence-electron chi connectivity index (χ0n) is 28.5. The monoisotopic (exact) mass is 691 g/mol. The van der Waals surface area contributed by atoms with Gasteiger partial charge < -0.3 is 0 Å². The minimum Gasteiger partial charge on any atom is -0.208 e. The van der Waals surface area contributed by atoms with E-state index in [1.165, 1.54) is 69.9 Å². The Bertz CT molecular complexity index is 3020. The highest BCUT2D eigenvalue weighted by molar-refractivity contribution is 7.26. The summed E-state index contributed by atoms with van der Waals surface area (Å²) < 4.78 is 2.50. The summed E-state index contributed by atoms with van der Waals surface area (Å²) in [6, 6.07) is 62.4. The van der Waals surface area contributed by atoms with Crippen LogP contribution >= 0.6 is 11.3 Å². The first kappa shape index (κ1) is 29.9. The highest BCUT2D eigenvalue weighted by Crippen LogP contribution is 2.52. The van der Waals surface area contributed by atoms with Gasteiger partial charge >= 0.3 is 0 Å². The van der Waals surface area contributed by atoms with E-state index >= 15 is 0 Å². The fraction of sp³-hybridized carbons (Fsp3) is 0. The van der Waals surface area contributed by atoms with Crippen molar-refractivity contribution in [2.75, 3.05) is 0 Å². The molecule has 0 saturated carbocycles. The molecule has 0 saturated heterocycles. The van der Waals surface area contributed by atoms with Crippen LogP contribution in [0.3, 0.4) is 0 Å². The first-order chi connectivity index (χ1) is 26.3. The summed E-state index contributed by atoms with van der Waals surface area (Å²) in [7, 11) is 0. The Morgan fingerprint density at radius 2 is 0.755 bits per heavy atom. The Kier molecular flexibility index (Phi) is 6.73. The van der Waals surface area contributed by atoms with Gasteiger partial charge in [-0.15, -0.1) is 11.3 Å². The zero-order valence-corrected chi connectivity index (χ0v) is 29.3. The molecule has 8 aromatic carbocycles. The maximum absolute atomic E-state index is 5.23. The molecule has 0 radical (unpaired) electrons. The van der Waals surface area contributed by atoms with Gasteiger partial charge in [0, 0.05) is 36.9 Å².